The molecule has 1 saturated carbocycles. The molecule has 1 aliphatic heterocycles. The highest BCUT2D eigenvalue weighted by atomic mass is 16.7. The average Bonchev–Trinajstić information content (AvgIpc) is 3.40. The van der Waals surface area contributed by atoms with Crippen molar-refractivity contribution in [1.29, 1.82) is 0 Å². The molecule has 1 aliphatic carbocycles. The Bertz CT molecular complexity index is 1370. The third-order valence-electron chi connectivity index (χ3n) is 6.75. The minimum Gasteiger partial charge on any atom is -0.449 e. The van der Waals surface area contributed by atoms with E-state index in [2.05, 4.69) is 51.3 Å². The van der Waals surface area contributed by atoms with Gasteiger partial charge in [0.25, 0.3) is 5.95 Å². The van der Waals surface area contributed by atoms with E-state index in [0.717, 1.165) is 70.5 Å². The van der Waals surface area contributed by atoms with Crippen molar-refractivity contribution in [2.45, 2.75) is 38.0 Å². The lowest BCUT2D eigenvalue weighted by Crippen LogP contribution is -2.19. The summed E-state index contributed by atoms with van der Waals surface area (Å²) >= 11 is 0. The molecule has 3 heterocycles. The van der Waals surface area contributed by atoms with Crippen LogP contribution in [0.5, 0.6) is 5.95 Å². The van der Waals surface area contributed by atoms with Gasteiger partial charge in [0.2, 0.25) is 0 Å². The van der Waals surface area contributed by atoms with Crippen LogP contribution in [-0.4, -0.2) is 34.3 Å². The lowest BCUT2D eigenvalue weighted by molar-refractivity contribution is 0.132. The molecule has 172 valence electrons. The Kier molecular flexibility index (Phi) is 5.17. The molecule has 0 spiro atoms. The third-order valence-corrected chi connectivity index (χ3v) is 6.75. The van der Waals surface area contributed by atoms with Gasteiger partial charge in [-0.3, -0.25) is 0 Å². The number of anilines is 1. The maximum Gasteiger partial charge on any atom is 0.513 e. The first-order valence-electron chi connectivity index (χ1n) is 11.8. The fourth-order valence-electron chi connectivity index (χ4n) is 4.92. The number of nitrogens with zero attached hydrogens (tertiary/aromatic N) is 3. The van der Waals surface area contributed by atoms with E-state index >= 15 is 0 Å². The summed E-state index contributed by atoms with van der Waals surface area (Å²) in [4.78, 5) is 22.6. The first kappa shape index (κ1) is 20.7. The van der Waals surface area contributed by atoms with Gasteiger partial charge in [0.15, 0.2) is 0 Å². The largest absolute Gasteiger partial charge is 0.513 e. The highest BCUT2D eigenvalue weighted by molar-refractivity contribution is 5.93. The summed E-state index contributed by atoms with van der Waals surface area (Å²) in [5.74, 6) is 1.51. The number of fused-ring (bicyclic) bond motifs is 1. The van der Waals surface area contributed by atoms with Gasteiger partial charge in [-0.05, 0) is 60.4 Å². The van der Waals surface area contributed by atoms with Gasteiger partial charge < -0.3 is 19.2 Å². The van der Waals surface area contributed by atoms with Crippen molar-refractivity contribution in [2.75, 3.05) is 18.0 Å². The quantitative estimate of drug-likeness (QED) is 0.356. The summed E-state index contributed by atoms with van der Waals surface area (Å²) in [7, 11) is 0. The lowest BCUT2D eigenvalue weighted by Gasteiger charge is -2.18. The average molecular weight is 456 g/mol. The van der Waals surface area contributed by atoms with Gasteiger partial charge in [0, 0.05) is 36.0 Å². The molecule has 7 nitrogen and oxygen atoms in total. The Labute approximate surface area is 197 Å². The molecule has 0 amide bonds. The van der Waals surface area contributed by atoms with Crippen molar-refractivity contribution >= 4 is 22.9 Å². The molecule has 2 aromatic carbocycles. The number of hydrogen-bond donors (Lipinski definition) is 1. The first-order valence-corrected chi connectivity index (χ1v) is 11.8. The number of rotatable bonds is 6. The summed E-state index contributed by atoms with van der Waals surface area (Å²) in [6, 6.07) is 14.6. The Hall–Kier alpha value is -3.87. The molecule has 0 radical (unpaired) electrons. The summed E-state index contributed by atoms with van der Waals surface area (Å²) < 4.78 is 10.4. The molecule has 0 bridgehead atoms. The first-order chi connectivity index (χ1) is 16.7. The molecule has 6 rings (SSSR count). The van der Waals surface area contributed by atoms with Crippen LogP contribution >= 0.6 is 0 Å². The molecule has 1 saturated heterocycles. The Balaban J connectivity index is 1.35. The van der Waals surface area contributed by atoms with Crippen LogP contribution in [0.4, 0.5) is 10.6 Å². The van der Waals surface area contributed by atoms with Gasteiger partial charge in [-0.25, -0.2) is 14.8 Å². The van der Waals surface area contributed by atoms with Crippen molar-refractivity contribution in [3.8, 4) is 17.1 Å². The number of carboxylic acid groups (broad SMARTS) is 1. The zero-order chi connectivity index (χ0) is 23.1. The Morgan fingerprint density at radius 1 is 1.09 bits per heavy atom. The summed E-state index contributed by atoms with van der Waals surface area (Å²) in [5, 5.41) is 10.2. The van der Waals surface area contributed by atoms with Crippen LogP contribution in [0.25, 0.3) is 22.0 Å². The summed E-state index contributed by atoms with van der Waals surface area (Å²) in [6.07, 6.45) is 7.06. The molecule has 34 heavy (non-hydrogen) atoms. The summed E-state index contributed by atoms with van der Waals surface area (Å²) in [5.41, 5.74) is 6.08. The molecule has 1 N–H and O–H groups in total. The maximum atomic E-state index is 11.1. The molecule has 4 aromatic rings. The van der Waals surface area contributed by atoms with Crippen molar-refractivity contribution in [3.63, 3.8) is 0 Å². The van der Waals surface area contributed by atoms with Crippen LogP contribution in [0, 0.1) is 0 Å². The maximum absolute atomic E-state index is 11.1. The topological polar surface area (TPSA) is 88.7 Å². The van der Waals surface area contributed by atoms with E-state index in [1.807, 2.05) is 6.07 Å². The van der Waals surface area contributed by atoms with Crippen LogP contribution in [0.1, 0.15) is 48.3 Å². The van der Waals surface area contributed by atoms with Crippen molar-refractivity contribution in [2.24, 2.45) is 0 Å². The Morgan fingerprint density at radius 3 is 2.71 bits per heavy atom. The minimum atomic E-state index is -1.36. The van der Waals surface area contributed by atoms with Gasteiger partial charge in [0.1, 0.15) is 12.1 Å². The van der Waals surface area contributed by atoms with E-state index in [4.69, 9.17) is 14.3 Å². The van der Waals surface area contributed by atoms with Gasteiger partial charge in [-0.2, -0.15) is 0 Å². The molecule has 2 aromatic heterocycles. The zero-order valence-electron chi connectivity index (χ0n) is 18.7. The SMILES string of the molecule is O=C(O)Oc1occ(C2CC2)c1Cc1cccc(-c2ccc3ncnc(N4CCCC4)c3c2)c1. The van der Waals surface area contributed by atoms with Crippen LogP contribution in [-0.2, 0) is 6.42 Å². The minimum absolute atomic E-state index is 0.0814. The second-order valence-corrected chi connectivity index (χ2v) is 9.10. The molecule has 7 heteroatoms. The lowest BCUT2D eigenvalue weighted by atomic mass is 9.97. The smallest absolute Gasteiger partial charge is 0.449 e. The van der Waals surface area contributed by atoms with Crippen molar-refractivity contribution in [3.05, 3.63) is 71.7 Å². The van der Waals surface area contributed by atoms with Gasteiger partial charge in [0.05, 0.1) is 11.8 Å². The number of furan rings is 1. The molecule has 0 unspecified atom stereocenters. The van der Waals surface area contributed by atoms with Crippen LogP contribution < -0.4 is 9.64 Å². The van der Waals surface area contributed by atoms with E-state index in [0.29, 0.717) is 12.3 Å². The molecule has 0 atom stereocenters. The number of ether oxygens (including phenoxy) is 1. The van der Waals surface area contributed by atoms with Crippen molar-refractivity contribution in [1.82, 2.24) is 9.97 Å². The van der Waals surface area contributed by atoms with Crippen LogP contribution in [0.2, 0.25) is 0 Å². The molecule has 2 fully saturated rings. The normalized spacial score (nSPS) is 15.7. The van der Waals surface area contributed by atoms with E-state index in [1.54, 1.807) is 12.6 Å². The fourth-order valence-corrected chi connectivity index (χ4v) is 4.92. The third kappa shape index (κ3) is 3.98. The molecular weight excluding hydrogens is 430 g/mol. The second kappa shape index (κ2) is 8.48. The van der Waals surface area contributed by atoms with Crippen molar-refractivity contribution < 1.29 is 19.1 Å². The van der Waals surface area contributed by atoms with Crippen LogP contribution in [0.15, 0.2) is 59.5 Å². The van der Waals surface area contributed by atoms with E-state index in [1.165, 1.54) is 12.8 Å². The predicted molar refractivity (Wildman–Crippen MR) is 129 cm³/mol. The Morgan fingerprint density at radius 2 is 1.91 bits per heavy atom. The highest BCUT2D eigenvalue weighted by Gasteiger charge is 2.31. The van der Waals surface area contributed by atoms with E-state index in [-0.39, 0.29) is 5.95 Å². The number of aromatic nitrogens is 2. The second-order valence-electron chi connectivity index (χ2n) is 9.10. The van der Waals surface area contributed by atoms with E-state index < -0.39 is 6.16 Å². The number of hydrogen-bond acceptors (Lipinski definition) is 6. The molecular formula is C27H25N3O4. The van der Waals surface area contributed by atoms with Gasteiger partial charge in [-0.1, -0.05) is 30.3 Å². The van der Waals surface area contributed by atoms with Crippen LogP contribution in [0.3, 0.4) is 0 Å². The van der Waals surface area contributed by atoms with E-state index in [9.17, 15) is 4.79 Å². The zero-order valence-corrected chi connectivity index (χ0v) is 18.7. The standard InChI is InChI=1S/C27H25N3O4/c31-27(32)34-26-21(23(15-33-26)18-6-7-18)13-17-4-3-5-19(12-17)20-8-9-24-22(14-20)25(29-16-28-24)30-10-1-2-11-30/h3-5,8-9,12,14-16,18H,1-2,6-7,10-11,13H2,(H,31,32). The number of carbonyl (C=O) groups is 1. The fraction of sp³-hybridized carbons (Fsp3) is 0.296. The van der Waals surface area contributed by atoms with Gasteiger partial charge in [-0.15, -0.1) is 0 Å². The van der Waals surface area contributed by atoms with Gasteiger partial charge >= 0.3 is 6.16 Å². The monoisotopic (exact) mass is 455 g/mol. The number of benzene rings is 2. The summed E-state index contributed by atoms with van der Waals surface area (Å²) in [6.45, 7) is 2.06. The highest BCUT2D eigenvalue weighted by Crippen LogP contribution is 2.45. The molecule has 2 aliphatic rings. The predicted octanol–water partition coefficient (Wildman–Crippen LogP) is 6.02.